The van der Waals surface area contributed by atoms with Crippen molar-refractivity contribution in [3.8, 4) is 5.69 Å². The summed E-state index contributed by atoms with van der Waals surface area (Å²) in [6.45, 7) is 1.46. The van der Waals surface area contributed by atoms with E-state index < -0.39 is 0 Å². The zero-order valence-electron chi connectivity index (χ0n) is 17.4. The van der Waals surface area contributed by atoms with Crippen LogP contribution in [-0.4, -0.2) is 72.4 Å². The van der Waals surface area contributed by atoms with Gasteiger partial charge in [0.25, 0.3) is 11.5 Å². The molecule has 0 unspecified atom stereocenters. The van der Waals surface area contributed by atoms with Crippen LogP contribution < -0.4 is 16.2 Å². The molecular formula is C21H29N5O4. The van der Waals surface area contributed by atoms with Gasteiger partial charge in [0.15, 0.2) is 0 Å². The number of ether oxygens (including phenoxy) is 1. The molecule has 2 aromatic rings. The van der Waals surface area contributed by atoms with Crippen LogP contribution in [0.5, 0.6) is 0 Å². The number of likely N-dealkylation sites (N-methyl/N-ethyl adjacent to an activating group) is 1. The second-order valence-electron chi connectivity index (χ2n) is 7.49. The van der Waals surface area contributed by atoms with Gasteiger partial charge < -0.3 is 15.4 Å². The van der Waals surface area contributed by atoms with Crippen molar-refractivity contribution in [2.45, 2.75) is 31.3 Å². The zero-order chi connectivity index (χ0) is 21.5. The number of carbonyl (C=O) groups excluding carboxylic acids is 2. The molecule has 1 fully saturated rings. The van der Waals surface area contributed by atoms with Crippen LogP contribution in [0.2, 0.25) is 0 Å². The van der Waals surface area contributed by atoms with Crippen LogP contribution in [0.25, 0.3) is 5.69 Å². The molecule has 0 bridgehead atoms. The van der Waals surface area contributed by atoms with Crippen LogP contribution in [-0.2, 0) is 9.53 Å². The van der Waals surface area contributed by atoms with Crippen LogP contribution in [0.1, 0.15) is 29.8 Å². The average Bonchev–Trinajstić information content (AvgIpc) is 3.30. The number of H-pyrrole nitrogens is 1. The largest absolute Gasteiger partial charge is 0.383 e. The molecule has 0 radical (unpaired) electrons. The first kappa shape index (κ1) is 21.8. The first-order valence-electron chi connectivity index (χ1n) is 10.1. The van der Waals surface area contributed by atoms with E-state index in [9.17, 15) is 14.4 Å². The number of benzene rings is 1. The number of nitrogens with zero attached hydrogens (tertiary/aromatic N) is 2. The molecule has 2 atom stereocenters. The highest BCUT2D eigenvalue weighted by Gasteiger charge is 2.32. The highest BCUT2D eigenvalue weighted by atomic mass is 16.5. The summed E-state index contributed by atoms with van der Waals surface area (Å²) < 4.78 is 6.28. The molecule has 3 N–H and O–H groups in total. The summed E-state index contributed by atoms with van der Waals surface area (Å²) in [5, 5.41) is 8.60. The van der Waals surface area contributed by atoms with Gasteiger partial charge in [-0.25, -0.2) is 4.68 Å². The molecule has 0 aliphatic carbocycles. The standard InChI is InChI=1S/C21H29N5O4/c1-25-16(12-19(27)22-10-11-30-2)8-9-17(25)14-23-21(29)18-13-20(28)26(24-18)15-6-4-3-5-7-15/h3-7,13,16-17,24H,8-12,14H2,1-2H3,(H,22,27)(H,23,29)/t16-,17+/m1/s1. The van der Waals surface area contributed by atoms with Gasteiger partial charge in [0.2, 0.25) is 5.91 Å². The van der Waals surface area contributed by atoms with Gasteiger partial charge in [-0.05, 0) is 32.0 Å². The van der Waals surface area contributed by atoms with Crippen LogP contribution in [0, 0.1) is 0 Å². The predicted octanol–water partition coefficient (Wildman–Crippen LogP) is 0.511. The van der Waals surface area contributed by atoms with E-state index in [2.05, 4.69) is 20.6 Å². The van der Waals surface area contributed by atoms with E-state index in [-0.39, 0.29) is 35.2 Å². The minimum atomic E-state index is -0.323. The van der Waals surface area contributed by atoms with Crippen LogP contribution in [0.4, 0.5) is 0 Å². The molecular weight excluding hydrogens is 386 g/mol. The Hall–Kier alpha value is -2.91. The molecule has 1 aromatic carbocycles. The molecule has 1 saturated heterocycles. The molecule has 1 aliphatic rings. The molecule has 0 spiro atoms. The van der Waals surface area contributed by atoms with Crippen molar-refractivity contribution >= 4 is 11.8 Å². The third-order valence-corrected chi connectivity index (χ3v) is 5.51. The lowest BCUT2D eigenvalue weighted by Crippen LogP contribution is -2.42. The van der Waals surface area contributed by atoms with Gasteiger partial charge in [-0.3, -0.25) is 24.4 Å². The fraction of sp³-hybridized carbons (Fsp3) is 0.476. The van der Waals surface area contributed by atoms with Crippen LogP contribution >= 0.6 is 0 Å². The summed E-state index contributed by atoms with van der Waals surface area (Å²) in [6.07, 6.45) is 2.22. The summed E-state index contributed by atoms with van der Waals surface area (Å²) in [5.41, 5.74) is 0.603. The van der Waals surface area contributed by atoms with Crippen molar-refractivity contribution < 1.29 is 14.3 Å². The first-order chi connectivity index (χ1) is 14.5. The van der Waals surface area contributed by atoms with Crippen molar-refractivity contribution in [3.05, 3.63) is 52.4 Å². The van der Waals surface area contributed by atoms with E-state index in [1.165, 1.54) is 10.7 Å². The number of carbonyl (C=O) groups is 2. The highest BCUT2D eigenvalue weighted by Crippen LogP contribution is 2.24. The summed E-state index contributed by atoms with van der Waals surface area (Å²) in [4.78, 5) is 38.9. The normalized spacial score (nSPS) is 19.0. The monoisotopic (exact) mass is 415 g/mol. The topological polar surface area (TPSA) is 108 Å². The lowest BCUT2D eigenvalue weighted by Gasteiger charge is -2.25. The Labute approximate surface area is 175 Å². The van der Waals surface area contributed by atoms with Gasteiger partial charge in [0.05, 0.1) is 12.3 Å². The van der Waals surface area contributed by atoms with Crippen LogP contribution in [0.15, 0.2) is 41.2 Å². The Morgan fingerprint density at radius 1 is 1.17 bits per heavy atom. The van der Waals surface area contributed by atoms with Gasteiger partial charge in [-0.2, -0.15) is 0 Å². The van der Waals surface area contributed by atoms with E-state index in [4.69, 9.17) is 4.74 Å². The van der Waals surface area contributed by atoms with E-state index >= 15 is 0 Å². The molecule has 2 heterocycles. The second-order valence-corrected chi connectivity index (χ2v) is 7.49. The highest BCUT2D eigenvalue weighted by molar-refractivity contribution is 5.92. The van der Waals surface area contributed by atoms with Gasteiger partial charge in [0.1, 0.15) is 5.69 Å². The predicted molar refractivity (Wildman–Crippen MR) is 113 cm³/mol. The summed E-state index contributed by atoms with van der Waals surface area (Å²) in [7, 11) is 3.58. The number of hydrogen-bond acceptors (Lipinski definition) is 5. The number of rotatable bonds is 9. The number of nitrogens with one attached hydrogen (secondary N) is 3. The first-order valence-corrected chi connectivity index (χ1v) is 10.1. The van der Waals surface area contributed by atoms with Gasteiger partial charge in [-0.15, -0.1) is 0 Å². The van der Waals surface area contributed by atoms with Gasteiger partial charge >= 0.3 is 0 Å². The molecule has 1 aromatic heterocycles. The second kappa shape index (κ2) is 10.2. The zero-order valence-corrected chi connectivity index (χ0v) is 17.4. The molecule has 1 aliphatic heterocycles. The molecule has 3 rings (SSSR count). The number of amides is 2. The third kappa shape index (κ3) is 5.37. The van der Waals surface area contributed by atoms with E-state index in [1.807, 2.05) is 25.2 Å². The summed E-state index contributed by atoms with van der Waals surface area (Å²) >= 11 is 0. The SMILES string of the molecule is COCCNC(=O)C[C@H]1CC[C@@H](CNC(=O)c2cc(=O)n(-c3ccccc3)[nH]2)N1C. The molecule has 9 nitrogen and oxygen atoms in total. The fourth-order valence-corrected chi connectivity index (χ4v) is 3.75. The van der Waals surface area contributed by atoms with Gasteiger partial charge in [0, 0.05) is 44.8 Å². The Morgan fingerprint density at radius 2 is 1.90 bits per heavy atom. The fourth-order valence-electron chi connectivity index (χ4n) is 3.75. The van der Waals surface area contributed by atoms with E-state index in [0.29, 0.717) is 31.8 Å². The minimum absolute atomic E-state index is 0.00779. The van der Waals surface area contributed by atoms with Crippen molar-refractivity contribution in [1.29, 1.82) is 0 Å². The van der Waals surface area contributed by atoms with Crippen molar-refractivity contribution in [3.63, 3.8) is 0 Å². The average molecular weight is 415 g/mol. The minimum Gasteiger partial charge on any atom is -0.383 e. The number of hydrogen-bond donors (Lipinski definition) is 3. The maximum atomic E-state index is 12.5. The quantitative estimate of drug-likeness (QED) is 0.517. The number of likely N-dealkylation sites (tertiary alicyclic amines) is 1. The molecule has 9 heteroatoms. The lowest BCUT2D eigenvalue weighted by atomic mass is 10.1. The number of aromatic nitrogens is 2. The van der Waals surface area contributed by atoms with Crippen molar-refractivity contribution in [1.82, 2.24) is 25.3 Å². The molecule has 2 amide bonds. The third-order valence-electron chi connectivity index (χ3n) is 5.51. The smallest absolute Gasteiger partial charge is 0.271 e. The molecule has 162 valence electrons. The number of methoxy groups -OCH3 is 1. The lowest BCUT2D eigenvalue weighted by molar-refractivity contribution is -0.122. The number of aromatic amines is 1. The van der Waals surface area contributed by atoms with Crippen LogP contribution in [0.3, 0.4) is 0 Å². The number of para-hydroxylation sites is 1. The molecule has 30 heavy (non-hydrogen) atoms. The summed E-state index contributed by atoms with van der Waals surface area (Å²) in [6, 6.07) is 10.7. The Morgan fingerprint density at radius 3 is 2.63 bits per heavy atom. The summed E-state index contributed by atoms with van der Waals surface area (Å²) in [5.74, 6) is -0.315. The molecule has 0 saturated carbocycles. The van der Waals surface area contributed by atoms with Gasteiger partial charge in [-0.1, -0.05) is 18.2 Å². The van der Waals surface area contributed by atoms with E-state index in [1.54, 1.807) is 19.2 Å². The maximum absolute atomic E-state index is 12.5. The Bertz CT molecular complexity index is 908. The maximum Gasteiger partial charge on any atom is 0.271 e. The van der Waals surface area contributed by atoms with Crippen molar-refractivity contribution in [2.24, 2.45) is 0 Å². The Balaban J connectivity index is 1.51. The Kier molecular flexibility index (Phi) is 7.42. The van der Waals surface area contributed by atoms with E-state index in [0.717, 1.165) is 12.8 Å². The van der Waals surface area contributed by atoms with Crippen molar-refractivity contribution in [2.75, 3.05) is 33.9 Å².